The standard InChI is InChI=1S/C19H34O5/c1-12-7-5-9-13(2)18(22)15(4)19(23)14(3)16(20)11-17(21)24-10-6-8-12/h12-16,18,20,22H,5-11H2,1-4H3/t12-,13-,14+,15+,16-,18-/m0/s1. The van der Waals surface area contributed by atoms with Crippen LogP contribution >= 0.6 is 0 Å². The molecule has 0 unspecified atom stereocenters. The number of rotatable bonds is 0. The Balaban J connectivity index is 2.79. The second-order valence-corrected chi connectivity index (χ2v) is 7.62. The molecule has 0 bridgehead atoms. The number of cyclic esters (lactones) is 1. The van der Waals surface area contributed by atoms with Gasteiger partial charge in [0.15, 0.2) is 0 Å². The summed E-state index contributed by atoms with van der Waals surface area (Å²) in [6.45, 7) is 7.84. The second-order valence-electron chi connectivity index (χ2n) is 7.62. The second kappa shape index (κ2) is 10.1. The first kappa shape index (κ1) is 21.1. The Morgan fingerprint density at radius 2 is 1.54 bits per heavy atom. The SMILES string of the molecule is C[C@@H]1CCCOC(=O)C[C@H](O)[C@@H](C)C(=O)[C@H](C)[C@@H](O)[C@@H](C)CCC1. The Morgan fingerprint density at radius 3 is 2.21 bits per heavy atom. The highest BCUT2D eigenvalue weighted by Crippen LogP contribution is 2.25. The third-order valence-electron chi connectivity index (χ3n) is 5.41. The molecular formula is C19H34O5. The van der Waals surface area contributed by atoms with Gasteiger partial charge in [0.2, 0.25) is 0 Å². The van der Waals surface area contributed by atoms with E-state index in [0.29, 0.717) is 12.5 Å². The van der Waals surface area contributed by atoms with Gasteiger partial charge in [-0.05, 0) is 31.1 Å². The van der Waals surface area contributed by atoms with Crippen molar-refractivity contribution in [1.82, 2.24) is 0 Å². The van der Waals surface area contributed by atoms with Gasteiger partial charge in [-0.25, -0.2) is 0 Å². The van der Waals surface area contributed by atoms with Gasteiger partial charge in [0, 0.05) is 11.8 Å². The molecule has 0 radical (unpaired) electrons. The van der Waals surface area contributed by atoms with E-state index in [1.54, 1.807) is 13.8 Å². The number of carbonyl (C=O) groups excluding carboxylic acids is 2. The monoisotopic (exact) mass is 342 g/mol. The average Bonchev–Trinajstić information content (AvgIpc) is 2.54. The Kier molecular flexibility index (Phi) is 8.92. The van der Waals surface area contributed by atoms with Crippen molar-refractivity contribution in [3.8, 4) is 0 Å². The van der Waals surface area contributed by atoms with Gasteiger partial charge in [-0.2, -0.15) is 0 Å². The van der Waals surface area contributed by atoms with Crippen LogP contribution in [0.3, 0.4) is 0 Å². The molecule has 0 aromatic carbocycles. The van der Waals surface area contributed by atoms with Crippen LogP contribution in [0.2, 0.25) is 0 Å². The van der Waals surface area contributed by atoms with Crippen molar-refractivity contribution in [3.63, 3.8) is 0 Å². The summed E-state index contributed by atoms with van der Waals surface area (Å²) in [7, 11) is 0. The lowest BCUT2D eigenvalue weighted by Crippen LogP contribution is -2.38. The lowest BCUT2D eigenvalue weighted by molar-refractivity contribution is -0.148. The zero-order valence-electron chi connectivity index (χ0n) is 15.5. The summed E-state index contributed by atoms with van der Waals surface area (Å²) in [5.41, 5.74) is 0. The molecule has 0 aromatic heterocycles. The van der Waals surface area contributed by atoms with Crippen LogP contribution in [-0.4, -0.2) is 40.8 Å². The fourth-order valence-corrected chi connectivity index (χ4v) is 3.39. The smallest absolute Gasteiger partial charge is 0.308 e. The highest BCUT2D eigenvalue weighted by Gasteiger charge is 2.33. The molecule has 1 fully saturated rings. The molecule has 24 heavy (non-hydrogen) atoms. The molecule has 0 amide bonds. The van der Waals surface area contributed by atoms with Crippen molar-refractivity contribution < 1.29 is 24.5 Å². The van der Waals surface area contributed by atoms with Crippen LogP contribution in [0.4, 0.5) is 0 Å². The van der Waals surface area contributed by atoms with E-state index in [2.05, 4.69) is 6.92 Å². The average molecular weight is 342 g/mol. The van der Waals surface area contributed by atoms with E-state index < -0.39 is 30.0 Å². The maximum Gasteiger partial charge on any atom is 0.308 e. The number of hydrogen-bond acceptors (Lipinski definition) is 5. The molecule has 1 aliphatic rings. The molecule has 0 aliphatic carbocycles. The Labute approximate surface area is 145 Å². The molecule has 6 atom stereocenters. The largest absolute Gasteiger partial charge is 0.466 e. The van der Waals surface area contributed by atoms with Crippen LogP contribution < -0.4 is 0 Å². The first-order valence-electron chi connectivity index (χ1n) is 9.29. The molecule has 1 aliphatic heterocycles. The normalized spacial score (nSPS) is 38.6. The number of Topliss-reactive ketones (excluding diaryl/α,β-unsaturated/α-hetero) is 1. The van der Waals surface area contributed by atoms with Crippen molar-refractivity contribution in [2.24, 2.45) is 23.7 Å². The van der Waals surface area contributed by atoms with Crippen LogP contribution in [0.1, 0.15) is 66.2 Å². The number of carbonyl (C=O) groups is 2. The maximum absolute atomic E-state index is 12.5. The number of esters is 1. The van der Waals surface area contributed by atoms with E-state index in [0.717, 1.165) is 32.1 Å². The van der Waals surface area contributed by atoms with Crippen molar-refractivity contribution >= 4 is 11.8 Å². The van der Waals surface area contributed by atoms with Gasteiger partial charge in [-0.3, -0.25) is 9.59 Å². The van der Waals surface area contributed by atoms with E-state index in [1.807, 2.05) is 6.92 Å². The van der Waals surface area contributed by atoms with Gasteiger partial charge in [0.1, 0.15) is 5.78 Å². The Bertz CT molecular complexity index is 409. The van der Waals surface area contributed by atoms with E-state index in [9.17, 15) is 19.8 Å². The minimum absolute atomic E-state index is 0.0402. The highest BCUT2D eigenvalue weighted by molar-refractivity contribution is 5.84. The van der Waals surface area contributed by atoms with Crippen LogP contribution in [0.15, 0.2) is 0 Å². The molecule has 5 heteroatoms. The van der Waals surface area contributed by atoms with Gasteiger partial charge in [0.25, 0.3) is 0 Å². The summed E-state index contributed by atoms with van der Waals surface area (Å²) >= 11 is 0. The van der Waals surface area contributed by atoms with Gasteiger partial charge >= 0.3 is 5.97 Å². The molecule has 5 nitrogen and oxygen atoms in total. The molecule has 1 heterocycles. The molecule has 0 spiro atoms. The summed E-state index contributed by atoms with van der Waals surface area (Å²) in [5.74, 6) is -1.32. The van der Waals surface area contributed by atoms with Gasteiger partial charge in [0.05, 0.1) is 25.2 Å². The Hall–Kier alpha value is -0.940. The molecule has 1 rings (SSSR count). The van der Waals surface area contributed by atoms with E-state index >= 15 is 0 Å². The minimum Gasteiger partial charge on any atom is -0.466 e. The fraction of sp³-hybridized carbons (Fsp3) is 0.895. The summed E-state index contributed by atoms with van der Waals surface area (Å²) in [6.07, 6.45) is 2.81. The van der Waals surface area contributed by atoms with Crippen molar-refractivity contribution in [2.75, 3.05) is 6.61 Å². The van der Waals surface area contributed by atoms with Crippen LogP contribution in [-0.2, 0) is 14.3 Å². The first-order chi connectivity index (χ1) is 11.2. The third kappa shape index (κ3) is 6.52. The quantitative estimate of drug-likeness (QED) is 0.661. The van der Waals surface area contributed by atoms with Crippen LogP contribution in [0, 0.1) is 23.7 Å². The highest BCUT2D eigenvalue weighted by atomic mass is 16.5. The predicted molar refractivity (Wildman–Crippen MR) is 92.3 cm³/mol. The van der Waals surface area contributed by atoms with Gasteiger partial charge in [-0.15, -0.1) is 0 Å². The molecule has 0 saturated carbocycles. The fourth-order valence-electron chi connectivity index (χ4n) is 3.39. The van der Waals surface area contributed by atoms with Gasteiger partial charge in [-0.1, -0.05) is 40.5 Å². The zero-order chi connectivity index (χ0) is 18.3. The van der Waals surface area contributed by atoms with Crippen molar-refractivity contribution in [1.29, 1.82) is 0 Å². The lowest BCUT2D eigenvalue weighted by atomic mass is 9.81. The third-order valence-corrected chi connectivity index (χ3v) is 5.41. The van der Waals surface area contributed by atoms with Crippen molar-refractivity contribution in [2.45, 2.75) is 78.4 Å². The number of ketones is 1. The molecule has 140 valence electrons. The predicted octanol–water partition coefficient (Wildman–Crippen LogP) is 2.72. The van der Waals surface area contributed by atoms with Gasteiger partial charge < -0.3 is 14.9 Å². The number of hydrogen-bond donors (Lipinski definition) is 2. The summed E-state index contributed by atoms with van der Waals surface area (Å²) in [6, 6.07) is 0. The van der Waals surface area contributed by atoms with E-state index in [4.69, 9.17) is 4.74 Å². The lowest BCUT2D eigenvalue weighted by Gasteiger charge is -2.28. The maximum atomic E-state index is 12.5. The van der Waals surface area contributed by atoms with Crippen LogP contribution in [0.5, 0.6) is 0 Å². The number of ether oxygens (including phenoxy) is 1. The molecule has 2 N–H and O–H groups in total. The summed E-state index contributed by atoms with van der Waals surface area (Å²) in [4.78, 5) is 24.3. The first-order valence-corrected chi connectivity index (χ1v) is 9.29. The summed E-state index contributed by atoms with van der Waals surface area (Å²) in [5, 5.41) is 20.6. The van der Waals surface area contributed by atoms with E-state index in [1.165, 1.54) is 0 Å². The zero-order valence-corrected chi connectivity index (χ0v) is 15.5. The summed E-state index contributed by atoms with van der Waals surface area (Å²) < 4.78 is 5.15. The number of aliphatic hydroxyl groups is 2. The van der Waals surface area contributed by atoms with E-state index in [-0.39, 0.29) is 18.1 Å². The van der Waals surface area contributed by atoms with Crippen LogP contribution in [0.25, 0.3) is 0 Å². The topological polar surface area (TPSA) is 83.8 Å². The molecular weight excluding hydrogens is 308 g/mol. The minimum atomic E-state index is -1.07. The Morgan fingerprint density at radius 1 is 0.917 bits per heavy atom. The molecule has 1 saturated heterocycles. The molecule has 0 aromatic rings. The number of aliphatic hydroxyl groups excluding tert-OH is 2. The van der Waals surface area contributed by atoms with Crippen molar-refractivity contribution in [3.05, 3.63) is 0 Å².